The van der Waals surface area contributed by atoms with E-state index < -0.39 is 0 Å². The summed E-state index contributed by atoms with van der Waals surface area (Å²) in [7, 11) is 0. The molecule has 3 rings (SSSR count). The molecule has 0 bridgehead atoms. The van der Waals surface area contributed by atoms with Gasteiger partial charge in [-0.25, -0.2) is 9.97 Å². The average Bonchev–Trinajstić information content (AvgIpc) is 2.90. The van der Waals surface area contributed by atoms with Gasteiger partial charge >= 0.3 is 0 Å². The molecule has 6 nitrogen and oxygen atoms in total. The lowest BCUT2D eigenvalue weighted by Gasteiger charge is -2.32. The number of nitrogens with two attached hydrogens (primary N) is 1. The van der Waals surface area contributed by atoms with Crippen LogP contribution in [0.3, 0.4) is 0 Å². The molecule has 2 aliphatic heterocycles. The molecule has 128 valence electrons. The Kier molecular flexibility index (Phi) is 5.61. The fourth-order valence-electron chi connectivity index (χ4n) is 3.27. The number of nitrogens with one attached hydrogen (secondary N) is 2. The van der Waals surface area contributed by atoms with Gasteiger partial charge in [0, 0.05) is 11.8 Å². The standard InChI is InChI=1S/C16H27N5OS/c1-2-3-8-23-15-20-13(17)9-14(21-15)19-12-10-16(22-11-12)4-6-18-7-5-16/h9,12,18H,2-8,10-11H2,1H3,(H3,17,19,20,21)/t12-/m1/s1. The third kappa shape index (κ3) is 4.49. The third-order valence-electron chi connectivity index (χ3n) is 4.53. The second-order valence-electron chi connectivity index (χ2n) is 6.45. The molecule has 1 aromatic heterocycles. The largest absolute Gasteiger partial charge is 0.383 e. The Morgan fingerprint density at radius 3 is 3.04 bits per heavy atom. The maximum absolute atomic E-state index is 6.12. The molecule has 23 heavy (non-hydrogen) atoms. The van der Waals surface area contributed by atoms with Crippen molar-refractivity contribution < 1.29 is 4.74 Å². The highest BCUT2D eigenvalue weighted by Crippen LogP contribution is 2.35. The Morgan fingerprint density at radius 2 is 2.26 bits per heavy atom. The van der Waals surface area contributed by atoms with Crippen LogP contribution < -0.4 is 16.4 Å². The highest BCUT2D eigenvalue weighted by Gasteiger charge is 2.41. The molecule has 2 fully saturated rings. The molecule has 3 heterocycles. The molecule has 0 saturated carbocycles. The average molecular weight is 337 g/mol. The van der Waals surface area contributed by atoms with Gasteiger partial charge in [0.05, 0.1) is 18.2 Å². The fourth-order valence-corrected chi connectivity index (χ4v) is 4.21. The second kappa shape index (κ2) is 7.68. The summed E-state index contributed by atoms with van der Waals surface area (Å²) >= 11 is 1.67. The van der Waals surface area contributed by atoms with Crippen molar-refractivity contribution in [2.45, 2.75) is 55.8 Å². The molecular weight excluding hydrogens is 310 g/mol. The van der Waals surface area contributed by atoms with E-state index in [2.05, 4.69) is 27.5 Å². The molecule has 0 unspecified atom stereocenters. The summed E-state index contributed by atoms with van der Waals surface area (Å²) in [5.74, 6) is 2.37. The molecule has 0 aromatic carbocycles. The van der Waals surface area contributed by atoms with Crippen LogP contribution in [0.4, 0.5) is 11.6 Å². The van der Waals surface area contributed by atoms with E-state index in [4.69, 9.17) is 10.5 Å². The van der Waals surface area contributed by atoms with Crippen molar-refractivity contribution in [1.29, 1.82) is 0 Å². The first-order chi connectivity index (χ1) is 11.2. The zero-order chi connectivity index (χ0) is 16.1. The van der Waals surface area contributed by atoms with Gasteiger partial charge in [0.25, 0.3) is 0 Å². The van der Waals surface area contributed by atoms with Gasteiger partial charge in [-0.05, 0) is 38.8 Å². The molecule has 0 amide bonds. The summed E-state index contributed by atoms with van der Waals surface area (Å²) in [6.07, 6.45) is 5.57. The number of hydrogen-bond donors (Lipinski definition) is 3. The number of thioether (sulfide) groups is 1. The number of ether oxygens (including phenoxy) is 1. The molecule has 0 radical (unpaired) electrons. The van der Waals surface area contributed by atoms with Crippen LogP contribution >= 0.6 is 11.8 Å². The lowest BCUT2D eigenvalue weighted by Crippen LogP contribution is -2.41. The summed E-state index contributed by atoms with van der Waals surface area (Å²) in [4.78, 5) is 8.91. The maximum Gasteiger partial charge on any atom is 0.191 e. The molecule has 0 aliphatic carbocycles. The van der Waals surface area contributed by atoms with E-state index in [1.54, 1.807) is 11.8 Å². The number of rotatable bonds is 6. The molecule has 2 saturated heterocycles. The van der Waals surface area contributed by atoms with Crippen LogP contribution in [-0.2, 0) is 4.74 Å². The minimum atomic E-state index is 0.0558. The Bertz CT molecular complexity index is 521. The van der Waals surface area contributed by atoms with Crippen LogP contribution in [0.1, 0.15) is 39.0 Å². The van der Waals surface area contributed by atoms with E-state index in [0.717, 1.165) is 55.7 Å². The Labute approximate surface area is 142 Å². The number of nitrogen functional groups attached to an aromatic ring is 1. The normalized spacial score (nSPS) is 23.3. The minimum Gasteiger partial charge on any atom is -0.383 e. The molecule has 1 spiro atoms. The molecule has 7 heteroatoms. The van der Waals surface area contributed by atoms with E-state index in [9.17, 15) is 0 Å². The van der Waals surface area contributed by atoms with Crippen molar-refractivity contribution >= 4 is 23.4 Å². The number of anilines is 2. The van der Waals surface area contributed by atoms with Gasteiger partial charge in [-0.15, -0.1) is 0 Å². The van der Waals surface area contributed by atoms with Crippen LogP contribution in [0.2, 0.25) is 0 Å². The van der Waals surface area contributed by atoms with Crippen molar-refractivity contribution in [3.05, 3.63) is 6.07 Å². The SMILES string of the molecule is CCCCSc1nc(N)cc(N[C@H]2COC3(CCNCC3)C2)n1. The predicted octanol–water partition coefficient (Wildman–Crippen LogP) is 2.27. The summed E-state index contributed by atoms with van der Waals surface area (Å²) in [6, 6.07) is 2.12. The van der Waals surface area contributed by atoms with Crippen molar-refractivity contribution in [3.8, 4) is 0 Å². The van der Waals surface area contributed by atoms with Gasteiger partial charge in [0.15, 0.2) is 5.16 Å². The summed E-state index contributed by atoms with van der Waals surface area (Å²) in [5, 5.41) is 7.65. The molecular formula is C16H27N5OS. The van der Waals surface area contributed by atoms with Gasteiger partial charge in [0.1, 0.15) is 11.6 Å². The van der Waals surface area contributed by atoms with Crippen LogP contribution in [-0.4, -0.2) is 47.1 Å². The minimum absolute atomic E-state index is 0.0558. The smallest absolute Gasteiger partial charge is 0.191 e. The summed E-state index contributed by atoms with van der Waals surface area (Å²) in [6.45, 7) is 5.02. The molecule has 4 N–H and O–H groups in total. The van der Waals surface area contributed by atoms with E-state index in [1.807, 2.05) is 6.07 Å². The van der Waals surface area contributed by atoms with Crippen molar-refractivity contribution in [2.75, 3.05) is 36.5 Å². The van der Waals surface area contributed by atoms with Gasteiger partial charge in [-0.2, -0.15) is 0 Å². The van der Waals surface area contributed by atoms with Crippen LogP contribution in [0.25, 0.3) is 0 Å². The van der Waals surface area contributed by atoms with Gasteiger partial charge < -0.3 is 21.1 Å². The second-order valence-corrected chi connectivity index (χ2v) is 7.51. The quantitative estimate of drug-likeness (QED) is 0.417. The number of unbranched alkanes of at least 4 members (excludes halogenated alkanes) is 1. The van der Waals surface area contributed by atoms with Gasteiger partial charge in [-0.1, -0.05) is 25.1 Å². The summed E-state index contributed by atoms with van der Waals surface area (Å²) < 4.78 is 6.12. The van der Waals surface area contributed by atoms with E-state index in [-0.39, 0.29) is 5.60 Å². The number of aromatic nitrogens is 2. The number of hydrogen-bond acceptors (Lipinski definition) is 7. The fraction of sp³-hybridized carbons (Fsp3) is 0.750. The van der Waals surface area contributed by atoms with E-state index in [1.165, 1.54) is 12.8 Å². The van der Waals surface area contributed by atoms with Crippen molar-refractivity contribution in [2.24, 2.45) is 0 Å². The molecule has 1 atom stereocenters. The van der Waals surface area contributed by atoms with Crippen molar-refractivity contribution in [1.82, 2.24) is 15.3 Å². The topological polar surface area (TPSA) is 85.1 Å². The first kappa shape index (κ1) is 16.8. The van der Waals surface area contributed by atoms with Crippen LogP contribution in [0.5, 0.6) is 0 Å². The lowest BCUT2D eigenvalue weighted by atomic mass is 9.88. The number of nitrogens with zero attached hydrogens (tertiary/aromatic N) is 2. The molecule has 2 aliphatic rings. The number of piperidine rings is 1. The monoisotopic (exact) mass is 337 g/mol. The van der Waals surface area contributed by atoms with Gasteiger partial charge in [-0.3, -0.25) is 0 Å². The predicted molar refractivity (Wildman–Crippen MR) is 94.9 cm³/mol. The van der Waals surface area contributed by atoms with E-state index >= 15 is 0 Å². The van der Waals surface area contributed by atoms with Crippen LogP contribution in [0, 0.1) is 0 Å². The first-order valence-corrected chi connectivity index (χ1v) is 9.56. The zero-order valence-electron chi connectivity index (χ0n) is 13.8. The van der Waals surface area contributed by atoms with E-state index in [0.29, 0.717) is 11.9 Å². The molecule has 1 aromatic rings. The Morgan fingerprint density at radius 1 is 1.43 bits per heavy atom. The highest BCUT2D eigenvalue weighted by molar-refractivity contribution is 7.99. The lowest BCUT2D eigenvalue weighted by molar-refractivity contribution is -0.0192. The van der Waals surface area contributed by atoms with Crippen LogP contribution in [0.15, 0.2) is 11.2 Å². The van der Waals surface area contributed by atoms with Crippen molar-refractivity contribution in [3.63, 3.8) is 0 Å². The first-order valence-electron chi connectivity index (χ1n) is 8.58. The Hall–Kier alpha value is -1.05. The Balaban J connectivity index is 1.59. The highest BCUT2D eigenvalue weighted by atomic mass is 32.2. The third-order valence-corrected chi connectivity index (χ3v) is 5.46. The summed E-state index contributed by atoms with van der Waals surface area (Å²) in [5.41, 5.74) is 5.99. The maximum atomic E-state index is 6.12. The van der Waals surface area contributed by atoms with Gasteiger partial charge in [0.2, 0.25) is 0 Å². The zero-order valence-corrected chi connectivity index (χ0v) is 14.6.